The van der Waals surface area contributed by atoms with E-state index in [0.29, 0.717) is 17.9 Å². The van der Waals surface area contributed by atoms with Gasteiger partial charge < -0.3 is 15.2 Å². The molecular formula is C20H18ClNO4. The van der Waals surface area contributed by atoms with Crippen molar-refractivity contribution in [3.05, 3.63) is 58.6 Å². The maximum Gasteiger partial charge on any atom is 0.335 e. The lowest BCUT2D eigenvalue weighted by atomic mass is 9.69. The second-order valence-corrected chi connectivity index (χ2v) is 7.31. The van der Waals surface area contributed by atoms with E-state index in [4.69, 9.17) is 16.3 Å². The van der Waals surface area contributed by atoms with Crippen LogP contribution in [0.15, 0.2) is 42.5 Å². The zero-order chi connectivity index (χ0) is 18.3. The van der Waals surface area contributed by atoms with Gasteiger partial charge >= 0.3 is 5.97 Å². The van der Waals surface area contributed by atoms with Crippen LogP contribution in [0.1, 0.15) is 41.6 Å². The smallest absolute Gasteiger partial charge is 0.335 e. The average molecular weight is 372 g/mol. The molecule has 0 radical (unpaired) electrons. The van der Waals surface area contributed by atoms with Crippen LogP contribution in [-0.4, -0.2) is 23.1 Å². The van der Waals surface area contributed by atoms with Crippen LogP contribution in [0.3, 0.4) is 0 Å². The van der Waals surface area contributed by atoms with Crippen LogP contribution < -0.4 is 10.1 Å². The highest BCUT2D eigenvalue weighted by molar-refractivity contribution is 6.30. The molecule has 2 N–H and O–H groups in total. The summed E-state index contributed by atoms with van der Waals surface area (Å²) in [5.41, 5.74) is 1.07. The number of halogens is 1. The molecule has 0 saturated heterocycles. The summed E-state index contributed by atoms with van der Waals surface area (Å²) in [5, 5.41) is 12.8. The number of carbonyl (C=O) groups is 2. The lowest BCUT2D eigenvalue weighted by Gasteiger charge is -2.35. The Labute approximate surface area is 155 Å². The molecule has 134 valence electrons. The molecule has 1 fully saturated rings. The summed E-state index contributed by atoms with van der Waals surface area (Å²) in [6.07, 6.45) is 2.75. The van der Waals surface area contributed by atoms with E-state index in [1.807, 2.05) is 12.1 Å². The van der Waals surface area contributed by atoms with E-state index < -0.39 is 11.4 Å². The highest BCUT2D eigenvalue weighted by Crippen LogP contribution is 2.48. The van der Waals surface area contributed by atoms with Gasteiger partial charge in [0.05, 0.1) is 17.1 Å². The average Bonchev–Trinajstić information content (AvgIpc) is 2.90. The van der Waals surface area contributed by atoms with E-state index in [-0.39, 0.29) is 17.6 Å². The number of hydrogen-bond acceptors (Lipinski definition) is 3. The second kappa shape index (κ2) is 6.32. The van der Waals surface area contributed by atoms with Crippen molar-refractivity contribution in [3.8, 4) is 5.75 Å². The molecule has 0 bridgehead atoms. The van der Waals surface area contributed by atoms with Gasteiger partial charge in [-0.25, -0.2) is 4.79 Å². The molecule has 0 unspecified atom stereocenters. The highest BCUT2D eigenvalue weighted by Gasteiger charge is 2.49. The third-order valence-corrected chi connectivity index (χ3v) is 5.62. The predicted octanol–water partition coefficient (Wildman–Crippen LogP) is 4.25. The number of hydrogen-bond donors (Lipinski definition) is 2. The fraction of sp³-hybridized carbons (Fsp3) is 0.300. The van der Waals surface area contributed by atoms with Gasteiger partial charge in [-0.1, -0.05) is 11.6 Å². The van der Waals surface area contributed by atoms with E-state index in [0.717, 1.165) is 29.8 Å². The number of benzene rings is 2. The summed E-state index contributed by atoms with van der Waals surface area (Å²) in [6.45, 7) is 0. The third kappa shape index (κ3) is 2.82. The highest BCUT2D eigenvalue weighted by atomic mass is 35.5. The lowest BCUT2D eigenvalue weighted by Crippen LogP contribution is -2.40. The maximum absolute atomic E-state index is 12.7. The predicted molar refractivity (Wildman–Crippen MR) is 98.0 cm³/mol. The van der Waals surface area contributed by atoms with Gasteiger partial charge in [0.15, 0.2) is 0 Å². The molecular weight excluding hydrogens is 354 g/mol. The minimum absolute atomic E-state index is 0.0290. The Kier molecular flexibility index (Phi) is 4.11. The van der Waals surface area contributed by atoms with Gasteiger partial charge in [0.1, 0.15) is 5.75 Å². The first-order valence-electron chi connectivity index (χ1n) is 8.59. The molecule has 1 saturated carbocycles. The zero-order valence-electron chi connectivity index (χ0n) is 14.0. The number of amides is 1. The molecule has 1 heterocycles. The Bertz CT molecular complexity index is 870. The number of nitrogens with one attached hydrogen (secondary N) is 1. The van der Waals surface area contributed by atoms with Crippen molar-refractivity contribution in [1.82, 2.24) is 0 Å². The lowest BCUT2D eigenvalue weighted by molar-refractivity contribution is -0.122. The van der Waals surface area contributed by atoms with Crippen molar-refractivity contribution < 1.29 is 19.4 Å². The van der Waals surface area contributed by atoms with E-state index in [1.165, 1.54) is 6.07 Å². The van der Waals surface area contributed by atoms with Crippen molar-refractivity contribution in [1.29, 1.82) is 0 Å². The van der Waals surface area contributed by atoms with Gasteiger partial charge in [0.2, 0.25) is 5.91 Å². The largest absolute Gasteiger partial charge is 0.490 e. The monoisotopic (exact) mass is 371 g/mol. The van der Waals surface area contributed by atoms with Crippen LogP contribution in [0.2, 0.25) is 5.02 Å². The number of ether oxygens (including phenoxy) is 1. The molecule has 1 aliphatic heterocycles. The second-order valence-electron chi connectivity index (χ2n) is 6.87. The Balaban J connectivity index is 1.53. The minimum atomic E-state index is -0.984. The summed E-state index contributed by atoms with van der Waals surface area (Å²) in [7, 11) is 0. The van der Waals surface area contributed by atoms with Gasteiger partial charge in [-0.15, -0.1) is 0 Å². The Morgan fingerprint density at radius 1 is 1.15 bits per heavy atom. The summed E-state index contributed by atoms with van der Waals surface area (Å²) >= 11 is 5.89. The summed E-state index contributed by atoms with van der Waals surface area (Å²) < 4.78 is 6.01. The molecule has 2 aliphatic rings. The van der Waals surface area contributed by atoms with Gasteiger partial charge in [-0.3, -0.25) is 4.79 Å². The van der Waals surface area contributed by atoms with Gasteiger partial charge in [-0.2, -0.15) is 0 Å². The van der Waals surface area contributed by atoms with Crippen molar-refractivity contribution in [3.63, 3.8) is 0 Å². The fourth-order valence-electron chi connectivity index (χ4n) is 3.95. The standard InChI is InChI=1S/C20H18ClNO4/c21-13-2-4-14(5-3-13)26-15-7-9-20(10-8-15)16-11-12(18(23)24)1-6-17(16)22-19(20)25/h1-6,11,15H,7-10H2,(H,22,25)(H,23,24)/t15-,20-. The summed E-state index contributed by atoms with van der Waals surface area (Å²) in [5.74, 6) is -0.262. The molecule has 1 amide bonds. The molecule has 2 aromatic carbocycles. The molecule has 6 heteroatoms. The topological polar surface area (TPSA) is 75.6 Å². The number of anilines is 1. The molecule has 2 aromatic rings. The Morgan fingerprint density at radius 2 is 1.85 bits per heavy atom. The first kappa shape index (κ1) is 16.9. The first-order chi connectivity index (χ1) is 12.5. The molecule has 5 nitrogen and oxygen atoms in total. The molecule has 0 aromatic heterocycles. The zero-order valence-corrected chi connectivity index (χ0v) is 14.8. The fourth-order valence-corrected chi connectivity index (χ4v) is 4.08. The minimum Gasteiger partial charge on any atom is -0.490 e. The number of rotatable bonds is 3. The molecule has 1 spiro atoms. The van der Waals surface area contributed by atoms with E-state index in [9.17, 15) is 14.7 Å². The number of carbonyl (C=O) groups excluding carboxylic acids is 1. The molecule has 26 heavy (non-hydrogen) atoms. The number of carboxylic acid groups (broad SMARTS) is 1. The summed E-state index contributed by atoms with van der Waals surface area (Å²) in [6, 6.07) is 12.1. The third-order valence-electron chi connectivity index (χ3n) is 5.37. The van der Waals surface area contributed by atoms with E-state index >= 15 is 0 Å². The van der Waals surface area contributed by atoms with Crippen molar-refractivity contribution in [2.45, 2.75) is 37.2 Å². The quantitative estimate of drug-likeness (QED) is 0.845. The molecule has 4 rings (SSSR count). The molecule has 0 atom stereocenters. The van der Waals surface area contributed by atoms with Crippen LogP contribution >= 0.6 is 11.6 Å². The number of fused-ring (bicyclic) bond motifs is 2. The van der Waals surface area contributed by atoms with Crippen molar-refractivity contribution in [2.75, 3.05) is 5.32 Å². The summed E-state index contributed by atoms with van der Waals surface area (Å²) in [4.78, 5) is 24.0. The van der Waals surface area contributed by atoms with Crippen LogP contribution in [0, 0.1) is 0 Å². The van der Waals surface area contributed by atoms with E-state index in [2.05, 4.69) is 5.32 Å². The van der Waals surface area contributed by atoms with Gasteiger partial charge in [-0.05, 0) is 73.7 Å². The normalized spacial score (nSPS) is 24.2. The number of aromatic carboxylic acids is 1. The Morgan fingerprint density at radius 3 is 2.50 bits per heavy atom. The van der Waals surface area contributed by atoms with Crippen LogP contribution in [0.25, 0.3) is 0 Å². The van der Waals surface area contributed by atoms with Crippen molar-refractivity contribution >= 4 is 29.2 Å². The van der Waals surface area contributed by atoms with Gasteiger partial charge in [0, 0.05) is 10.7 Å². The van der Waals surface area contributed by atoms with Gasteiger partial charge in [0.25, 0.3) is 0 Å². The Hall–Kier alpha value is -2.53. The SMILES string of the molecule is O=C(O)c1ccc2c(c1)[C@]1(CC[C@@H](Oc3ccc(Cl)cc3)CC1)C(=O)N2. The van der Waals surface area contributed by atoms with Crippen LogP contribution in [0.5, 0.6) is 5.75 Å². The van der Waals surface area contributed by atoms with E-state index in [1.54, 1.807) is 24.3 Å². The first-order valence-corrected chi connectivity index (χ1v) is 8.97. The van der Waals surface area contributed by atoms with Crippen molar-refractivity contribution in [2.24, 2.45) is 0 Å². The maximum atomic E-state index is 12.7. The van der Waals surface area contributed by atoms with Crippen LogP contribution in [-0.2, 0) is 10.2 Å². The van der Waals surface area contributed by atoms with Crippen LogP contribution in [0.4, 0.5) is 5.69 Å². The molecule has 1 aliphatic carbocycles. The number of carboxylic acids is 1.